The Balaban J connectivity index is 0.00000220. The van der Waals surface area contributed by atoms with Crippen LogP contribution >= 0.6 is 24.8 Å². The summed E-state index contributed by atoms with van der Waals surface area (Å²) in [4.78, 5) is 16.0. The first-order valence-electron chi connectivity index (χ1n) is 6.80. The number of rotatable bonds is 6. The topological polar surface area (TPSA) is 58.9 Å². The molecule has 22 heavy (non-hydrogen) atoms. The maximum atomic E-state index is 12.0. The first-order chi connectivity index (χ1) is 9.70. The standard InChI is InChI=1S/C15H20N4O.2ClH/c1-3-17-12(2)10-18-15(20)13-4-6-14(7-5-13)19-9-8-16-11-19;;/h4-9,11-12,17H,3,10H2,1-2H3,(H,18,20);2*1H/t12-;;/m1../s1. The van der Waals surface area contributed by atoms with Crippen molar-refractivity contribution in [3.8, 4) is 5.69 Å². The molecule has 1 aromatic carbocycles. The van der Waals surface area contributed by atoms with Crippen LogP contribution in [0.4, 0.5) is 0 Å². The Morgan fingerprint density at radius 1 is 1.27 bits per heavy atom. The van der Waals surface area contributed by atoms with Gasteiger partial charge in [-0.2, -0.15) is 0 Å². The van der Waals surface area contributed by atoms with Crippen molar-refractivity contribution in [2.45, 2.75) is 19.9 Å². The van der Waals surface area contributed by atoms with Crippen LogP contribution in [0.3, 0.4) is 0 Å². The second-order valence-electron chi connectivity index (χ2n) is 4.69. The second kappa shape index (κ2) is 10.2. The predicted molar refractivity (Wildman–Crippen MR) is 93.5 cm³/mol. The predicted octanol–water partition coefficient (Wildman–Crippen LogP) is 2.44. The summed E-state index contributed by atoms with van der Waals surface area (Å²) in [6.45, 7) is 5.62. The van der Waals surface area contributed by atoms with E-state index in [1.807, 2.05) is 48.9 Å². The molecule has 1 heterocycles. The fraction of sp³-hybridized carbons (Fsp3) is 0.333. The van der Waals surface area contributed by atoms with Crippen molar-refractivity contribution in [3.05, 3.63) is 48.5 Å². The van der Waals surface area contributed by atoms with Crippen LogP contribution in [0.2, 0.25) is 0 Å². The molecule has 0 aliphatic rings. The summed E-state index contributed by atoms with van der Waals surface area (Å²) in [6.07, 6.45) is 5.32. The average molecular weight is 345 g/mol. The van der Waals surface area contributed by atoms with Gasteiger partial charge in [-0.05, 0) is 37.7 Å². The second-order valence-corrected chi connectivity index (χ2v) is 4.69. The molecule has 2 N–H and O–H groups in total. The highest BCUT2D eigenvalue weighted by atomic mass is 35.5. The van der Waals surface area contributed by atoms with Crippen molar-refractivity contribution in [2.75, 3.05) is 13.1 Å². The Kier molecular flexibility index (Phi) is 9.49. The number of carbonyl (C=O) groups is 1. The van der Waals surface area contributed by atoms with Gasteiger partial charge in [0.2, 0.25) is 0 Å². The molecule has 0 saturated heterocycles. The third-order valence-corrected chi connectivity index (χ3v) is 3.05. The van der Waals surface area contributed by atoms with Crippen molar-refractivity contribution < 1.29 is 4.79 Å². The van der Waals surface area contributed by atoms with E-state index in [9.17, 15) is 4.79 Å². The van der Waals surface area contributed by atoms with Gasteiger partial charge in [-0.15, -0.1) is 24.8 Å². The van der Waals surface area contributed by atoms with E-state index in [-0.39, 0.29) is 36.8 Å². The van der Waals surface area contributed by atoms with Gasteiger partial charge in [-0.1, -0.05) is 6.92 Å². The molecule has 0 saturated carbocycles. The van der Waals surface area contributed by atoms with Crippen LogP contribution < -0.4 is 10.6 Å². The fourth-order valence-electron chi connectivity index (χ4n) is 1.97. The van der Waals surface area contributed by atoms with Gasteiger partial charge < -0.3 is 15.2 Å². The van der Waals surface area contributed by atoms with Gasteiger partial charge in [0.25, 0.3) is 5.91 Å². The highest BCUT2D eigenvalue weighted by Crippen LogP contribution is 2.09. The fourth-order valence-corrected chi connectivity index (χ4v) is 1.97. The lowest BCUT2D eigenvalue weighted by atomic mass is 10.2. The van der Waals surface area contributed by atoms with Crippen molar-refractivity contribution in [3.63, 3.8) is 0 Å². The van der Waals surface area contributed by atoms with Crippen molar-refractivity contribution in [1.82, 2.24) is 20.2 Å². The summed E-state index contributed by atoms with van der Waals surface area (Å²) in [5.74, 6) is -0.0491. The molecule has 122 valence electrons. The van der Waals surface area contributed by atoms with Gasteiger partial charge in [0.1, 0.15) is 0 Å². The van der Waals surface area contributed by atoms with Crippen molar-refractivity contribution >= 4 is 30.7 Å². The summed E-state index contributed by atoms with van der Waals surface area (Å²) in [5, 5.41) is 6.17. The number of nitrogens with zero attached hydrogens (tertiary/aromatic N) is 2. The quantitative estimate of drug-likeness (QED) is 0.846. The number of halogens is 2. The Morgan fingerprint density at radius 3 is 2.50 bits per heavy atom. The number of imidazole rings is 1. The Hall–Kier alpha value is -1.56. The number of hydrogen-bond acceptors (Lipinski definition) is 3. The van der Waals surface area contributed by atoms with Gasteiger partial charge in [-0.3, -0.25) is 4.79 Å². The summed E-state index contributed by atoms with van der Waals surface area (Å²) < 4.78 is 1.90. The number of carbonyl (C=O) groups excluding carboxylic acids is 1. The molecule has 7 heteroatoms. The number of nitrogens with one attached hydrogen (secondary N) is 2. The van der Waals surface area contributed by atoms with Crippen LogP contribution in [-0.2, 0) is 0 Å². The van der Waals surface area contributed by atoms with Gasteiger partial charge >= 0.3 is 0 Å². The number of benzene rings is 1. The van der Waals surface area contributed by atoms with Crippen molar-refractivity contribution in [2.24, 2.45) is 0 Å². The minimum atomic E-state index is -0.0491. The molecule has 5 nitrogen and oxygen atoms in total. The molecule has 0 bridgehead atoms. The van der Waals surface area contributed by atoms with Gasteiger partial charge in [-0.25, -0.2) is 4.98 Å². The first kappa shape index (κ1) is 20.4. The molecule has 1 amide bonds. The van der Waals surface area contributed by atoms with Gasteiger partial charge in [0.15, 0.2) is 0 Å². The minimum absolute atomic E-state index is 0. The van der Waals surface area contributed by atoms with E-state index in [1.54, 1.807) is 12.5 Å². The molecule has 0 fully saturated rings. The summed E-state index contributed by atoms with van der Waals surface area (Å²) in [5.41, 5.74) is 1.65. The molecule has 2 aromatic rings. The maximum absolute atomic E-state index is 12.0. The summed E-state index contributed by atoms with van der Waals surface area (Å²) in [6, 6.07) is 7.73. The molecule has 2 rings (SSSR count). The molecular formula is C15H22Cl2N4O. The SMILES string of the molecule is CCN[C@H](C)CNC(=O)c1ccc(-n2ccnc2)cc1.Cl.Cl. The zero-order valence-corrected chi connectivity index (χ0v) is 14.3. The normalized spacial score (nSPS) is 11.0. The third kappa shape index (κ3) is 5.67. The molecule has 0 radical (unpaired) electrons. The maximum Gasteiger partial charge on any atom is 0.251 e. The van der Waals surface area contributed by atoms with E-state index in [2.05, 4.69) is 15.6 Å². The number of hydrogen-bond donors (Lipinski definition) is 2. The average Bonchev–Trinajstić information content (AvgIpc) is 2.99. The lowest BCUT2D eigenvalue weighted by Gasteiger charge is -2.13. The lowest BCUT2D eigenvalue weighted by Crippen LogP contribution is -2.38. The van der Waals surface area contributed by atoms with E-state index < -0.39 is 0 Å². The number of aromatic nitrogens is 2. The number of likely N-dealkylation sites (N-methyl/N-ethyl adjacent to an activating group) is 1. The largest absolute Gasteiger partial charge is 0.350 e. The smallest absolute Gasteiger partial charge is 0.251 e. The summed E-state index contributed by atoms with van der Waals surface area (Å²) in [7, 11) is 0. The van der Waals surface area contributed by atoms with Crippen LogP contribution in [0.1, 0.15) is 24.2 Å². The van der Waals surface area contributed by atoms with Crippen LogP contribution in [0.5, 0.6) is 0 Å². The Bertz CT molecular complexity index is 543. The Morgan fingerprint density at radius 2 is 1.95 bits per heavy atom. The third-order valence-electron chi connectivity index (χ3n) is 3.05. The highest BCUT2D eigenvalue weighted by Gasteiger charge is 2.07. The minimum Gasteiger partial charge on any atom is -0.350 e. The number of amides is 1. The lowest BCUT2D eigenvalue weighted by molar-refractivity contribution is 0.0950. The van der Waals surface area contributed by atoms with Gasteiger partial charge in [0.05, 0.1) is 6.33 Å². The van der Waals surface area contributed by atoms with Crippen LogP contribution in [0.15, 0.2) is 43.0 Å². The van der Waals surface area contributed by atoms with Crippen LogP contribution in [0, 0.1) is 0 Å². The molecule has 1 atom stereocenters. The van der Waals surface area contributed by atoms with Crippen LogP contribution in [0.25, 0.3) is 5.69 Å². The van der Waals surface area contributed by atoms with E-state index in [0.717, 1.165) is 12.2 Å². The van der Waals surface area contributed by atoms with Crippen molar-refractivity contribution in [1.29, 1.82) is 0 Å². The van der Waals surface area contributed by atoms with E-state index in [0.29, 0.717) is 12.1 Å². The van der Waals surface area contributed by atoms with E-state index in [1.165, 1.54) is 0 Å². The molecule has 0 unspecified atom stereocenters. The van der Waals surface area contributed by atoms with Gasteiger partial charge in [0, 0.05) is 36.2 Å². The first-order valence-corrected chi connectivity index (χ1v) is 6.80. The summed E-state index contributed by atoms with van der Waals surface area (Å²) >= 11 is 0. The Labute approximate surface area is 143 Å². The molecular weight excluding hydrogens is 323 g/mol. The zero-order valence-electron chi connectivity index (χ0n) is 12.7. The molecule has 0 spiro atoms. The molecule has 1 aromatic heterocycles. The van der Waals surface area contributed by atoms with E-state index >= 15 is 0 Å². The molecule has 0 aliphatic heterocycles. The van der Waals surface area contributed by atoms with Crippen LogP contribution in [-0.4, -0.2) is 34.6 Å². The highest BCUT2D eigenvalue weighted by molar-refractivity contribution is 5.94. The monoisotopic (exact) mass is 344 g/mol. The van der Waals surface area contributed by atoms with E-state index in [4.69, 9.17) is 0 Å². The zero-order chi connectivity index (χ0) is 14.4. The molecule has 0 aliphatic carbocycles.